The Morgan fingerprint density at radius 1 is 1.16 bits per heavy atom. The lowest BCUT2D eigenvalue weighted by molar-refractivity contribution is -0.192. The second-order valence-corrected chi connectivity index (χ2v) is 10.0. The van der Waals surface area contributed by atoms with E-state index in [-0.39, 0.29) is 11.9 Å². The Labute approximate surface area is 230 Å². The molecule has 0 radical (unpaired) electrons. The number of halogens is 5. The average Bonchev–Trinajstić information content (AvgIpc) is 3.25. The molecule has 1 atom stereocenters. The summed E-state index contributed by atoms with van der Waals surface area (Å²) in [6.07, 6.45) is -3.14. The van der Waals surface area contributed by atoms with Gasteiger partial charge in [-0.1, -0.05) is 35.3 Å². The molecule has 0 unspecified atom stereocenters. The van der Waals surface area contributed by atoms with Gasteiger partial charge in [0.25, 0.3) is 5.91 Å². The van der Waals surface area contributed by atoms with Crippen LogP contribution in [-0.2, 0) is 11.3 Å². The number of rotatable bonds is 9. The third-order valence-corrected chi connectivity index (χ3v) is 6.42. The van der Waals surface area contributed by atoms with Gasteiger partial charge in [0.05, 0.1) is 16.7 Å². The van der Waals surface area contributed by atoms with Gasteiger partial charge in [0, 0.05) is 37.8 Å². The number of hydrogen-bond donors (Lipinski definition) is 2. The molecule has 1 fully saturated rings. The van der Waals surface area contributed by atoms with E-state index in [0.717, 1.165) is 56.9 Å². The number of nitrogens with one attached hydrogen (secondary N) is 1. The first-order valence-corrected chi connectivity index (χ1v) is 12.7. The zero-order valence-corrected chi connectivity index (χ0v) is 23.0. The van der Waals surface area contributed by atoms with E-state index in [9.17, 15) is 18.0 Å². The Hall–Kier alpha value is -2.53. The molecule has 1 aliphatic heterocycles. The minimum absolute atomic E-state index is 0.114. The molecule has 1 saturated heterocycles. The van der Waals surface area contributed by atoms with Crippen LogP contribution in [0.3, 0.4) is 0 Å². The number of carboxylic acid groups (broad SMARTS) is 1. The maximum atomic E-state index is 12.5. The summed E-state index contributed by atoms with van der Waals surface area (Å²) in [7, 11) is 4.14. The fraction of sp³-hybridized carbons (Fsp3) is 0.462. The van der Waals surface area contributed by atoms with Crippen LogP contribution in [0.5, 0.6) is 5.75 Å². The number of nitrogens with zero attached hydrogens (tertiary/aromatic N) is 2. The quantitative estimate of drug-likeness (QED) is 0.395. The van der Waals surface area contributed by atoms with Crippen LogP contribution in [0.25, 0.3) is 0 Å². The summed E-state index contributed by atoms with van der Waals surface area (Å²) in [5.41, 5.74) is 2.95. The second-order valence-electron chi connectivity index (χ2n) is 9.23. The lowest BCUT2D eigenvalue weighted by atomic mass is 10.1. The van der Waals surface area contributed by atoms with E-state index in [4.69, 9.17) is 37.8 Å². The molecule has 2 aromatic rings. The Morgan fingerprint density at radius 2 is 1.84 bits per heavy atom. The molecule has 210 valence electrons. The zero-order chi connectivity index (χ0) is 28.5. The van der Waals surface area contributed by atoms with Crippen molar-refractivity contribution in [1.82, 2.24) is 15.1 Å². The summed E-state index contributed by atoms with van der Waals surface area (Å²) in [5.74, 6) is -1.92. The molecule has 1 aliphatic rings. The van der Waals surface area contributed by atoms with Crippen molar-refractivity contribution in [3.63, 3.8) is 0 Å². The molecule has 3 rings (SSSR count). The molecule has 38 heavy (non-hydrogen) atoms. The molecule has 2 aromatic carbocycles. The molecule has 1 amide bonds. The van der Waals surface area contributed by atoms with Gasteiger partial charge in [0.1, 0.15) is 5.75 Å². The van der Waals surface area contributed by atoms with Crippen LogP contribution in [-0.4, -0.2) is 79.3 Å². The average molecular weight is 578 g/mol. The summed E-state index contributed by atoms with van der Waals surface area (Å²) in [4.78, 5) is 25.9. The van der Waals surface area contributed by atoms with Crippen LogP contribution in [0.15, 0.2) is 36.4 Å². The number of benzene rings is 2. The van der Waals surface area contributed by atoms with Crippen LogP contribution in [0.1, 0.15) is 34.3 Å². The number of carboxylic acids is 1. The predicted octanol–water partition coefficient (Wildman–Crippen LogP) is 5.27. The first-order valence-electron chi connectivity index (χ1n) is 11.9. The molecule has 1 heterocycles. The fourth-order valence-electron chi connectivity index (χ4n) is 3.79. The third kappa shape index (κ3) is 10.7. The Bertz CT molecular complexity index is 1100. The van der Waals surface area contributed by atoms with Crippen molar-refractivity contribution in [2.24, 2.45) is 0 Å². The van der Waals surface area contributed by atoms with E-state index in [1.54, 1.807) is 18.2 Å². The van der Waals surface area contributed by atoms with E-state index in [1.165, 1.54) is 5.56 Å². The number of likely N-dealkylation sites (tertiary alicyclic amines) is 1. The molecular formula is C26H32Cl2F3N3O4. The molecule has 12 heteroatoms. The largest absolute Gasteiger partial charge is 0.493 e. The van der Waals surface area contributed by atoms with Gasteiger partial charge >= 0.3 is 12.1 Å². The Morgan fingerprint density at radius 3 is 2.42 bits per heavy atom. The van der Waals surface area contributed by atoms with Crippen molar-refractivity contribution in [2.75, 3.05) is 40.3 Å². The number of aliphatic carboxylic acids is 1. The number of aryl methyl sites for hydroxylation is 1. The first kappa shape index (κ1) is 31.7. The van der Waals surface area contributed by atoms with Gasteiger partial charge in [-0.15, -0.1) is 0 Å². The number of carbonyl (C=O) groups is 2. The maximum absolute atomic E-state index is 12.5. The highest BCUT2D eigenvalue weighted by Crippen LogP contribution is 2.24. The lowest BCUT2D eigenvalue weighted by Gasteiger charge is -2.18. The summed E-state index contributed by atoms with van der Waals surface area (Å²) in [6.45, 7) is 6.48. The molecule has 2 N–H and O–H groups in total. The maximum Gasteiger partial charge on any atom is 0.490 e. The number of ether oxygens (including phenoxy) is 1. The molecule has 0 saturated carbocycles. The number of carbonyl (C=O) groups excluding carboxylic acids is 1. The van der Waals surface area contributed by atoms with E-state index in [2.05, 4.69) is 54.3 Å². The van der Waals surface area contributed by atoms with Gasteiger partial charge in [-0.2, -0.15) is 13.2 Å². The predicted molar refractivity (Wildman–Crippen MR) is 141 cm³/mol. The number of amides is 1. The highest BCUT2D eigenvalue weighted by Gasteiger charge is 2.38. The fourth-order valence-corrected chi connectivity index (χ4v) is 4.09. The highest BCUT2D eigenvalue weighted by atomic mass is 35.5. The zero-order valence-electron chi connectivity index (χ0n) is 21.4. The van der Waals surface area contributed by atoms with Gasteiger partial charge < -0.3 is 20.1 Å². The van der Waals surface area contributed by atoms with E-state index in [1.807, 2.05) is 0 Å². The molecule has 7 nitrogen and oxygen atoms in total. The SMILES string of the molecule is Cc1cc(CN2CC[C@H](NC(=O)c3ccc(Cl)c(Cl)c3)C2)ccc1OCCCN(C)C.O=C(O)C(F)(F)F. The van der Waals surface area contributed by atoms with Gasteiger partial charge in [0.15, 0.2) is 0 Å². The molecule has 0 bridgehead atoms. The monoisotopic (exact) mass is 577 g/mol. The third-order valence-electron chi connectivity index (χ3n) is 5.68. The molecule has 0 aromatic heterocycles. The first-order chi connectivity index (χ1) is 17.8. The van der Waals surface area contributed by atoms with Gasteiger partial charge in [-0.05, 0) is 69.3 Å². The summed E-state index contributed by atoms with van der Waals surface area (Å²) in [6, 6.07) is 11.5. The molecular weight excluding hydrogens is 546 g/mol. The van der Waals surface area contributed by atoms with Crippen LogP contribution >= 0.6 is 23.2 Å². The Kier molecular flexibility index (Phi) is 12.2. The van der Waals surface area contributed by atoms with Crippen LogP contribution in [0.2, 0.25) is 10.0 Å². The van der Waals surface area contributed by atoms with Crippen LogP contribution < -0.4 is 10.1 Å². The molecule has 0 aliphatic carbocycles. The number of hydrogen-bond acceptors (Lipinski definition) is 5. The minimum atomic E-state index is -5.08. The number of alkyl halides is 3. The van der Waals surface area contributed by atoms with Crippen LogP contribution in [0, 0.1) is 6.92 Å². The minimum Gasteiger partial charge on any atom is -0.493 e. The summed E-state index contributed by atoms with van der Waals surface area (Å²) < 4.78 is 37.7. The topological polar surface area (TPSA) is 82.1 Å². The summed E-state index contributed by atoms with van der Waals surface area (Å²) >= 11 is 12.0. The van der Waals surface area contributed by atoms with E-state index >= 15 is 0 Å². The standard InChI is InChI=1S/C24H31Cl2N3O2.C2HF3O2/c1-17-13-18(5-8-23(17)31-12-4-10-28(2)3)15-29-11-9-20(16-29)27-24(30)19-6-7-21(25)22(26)14-19;3-2(4,5)1(6)7/h5-8,13-14,20H,4,9-12,15-16H2,1-3H3,(H,27,30);(H,6,7)/t20-;/m0./s1. The van der Waals surface area contributed by atoms with Crippen molar-refractivity contribution < 1.29 is 32.6 Å². The molecule has 0 spiro atoms. The second kappa shape index (κ2) is 14.6. The van der Waals surface area contributed by atoms with Crippen LogP contribution in [0.4, 0.5) is 13.2 Å². The van der Waals surface area contributed by atoms with Crippen molar-refractivity contribution >= 4 is 35.1 Å². The normalized spacial score (nSPS) is 15.7. The van der Waals surface area contributed by atoms with Gasteiger partial charge in [-0.25, -0.2) is 4.79 Å². The van der Waals surface area contributed by atoms with Gasteiger partial charge in [0.2, 0.25) is 0 Å². The van der Waals surface area contributed by atoms with E-state index < -0.39 is 12.1 Å². The van der Waals surface area contributed by atoms with Gasteiger partial charge in [-0.3, -0.25) is 9.69 Å². The summed E-state index contributed by atoms with van der Waals surface area (Å²) in [5, 5.41) is 11.1. The smallest absolute Gasteiger partial charge is 0.490 e. The van der Waals surface area contributed by atoms with Crippen molar-refractivity contribution in [2.45, 2.75) is 38.5 Å². The van der Waals surface area contributed by atoms with Crippen molar-refractivity contribution in [3.05, 3.63) is 63.1 Å². The van der Waals surface area contributed by atoms with Crippen molar-refractivity contribution in [3.8, 4) is 5.75 Å². The lowest BCUT2D eigenvalue weighted by Crippen LogP contribution is -2.37. The van der Waals surface area contributed by atoms with E-state index in [0.29, 0.717) is 15.6 Å². The highest BCUT2D eigenvalue weighted by molar-refractivity contribution is 6.42. The Balaban J connectivity index is 0.000000638. The van der Waals surface area contributed by atoms with Crippen molar-refractivity contribution in [1.29, 1.82) is 0 Å².